The zero-order valence-electron chi connectivity index (χ0n) is 15.4. The first kappa shape index (κ1) is 16.8. The van der Waals surface area contributed by atoms with Gasteiger partial charge >= 0.3 is 11.6 Å². The van der Waals surface area contributed by atoms with E-state index in [1.165, 1.54) is 17.2 Å². The molecule has 0 aliphatic heterocycles. The van der Waals surface area contributed by atoms with E-state index in [0.717, 1.165) is 46.7 Å². The van der Waals surface area contributed by atoms with Gasteiger partial charge in [0.2, 0.25) is 0 Å². The Hall–Kier alpha value is -3.34. The lowest BCUT2D eigenvalue weighted by atomic mass is 10.0. The van der Waals surface area contributed by atoms with E-state index < -0.39 is 11.6 Å². The largest absolute Gasteiger partial charge is 0.464 e. The summed E-state index contributed by atoms with van der Waals surface area (Å²) in [5, 5.41) is 1.78. The number of hydrogen-bond donors (Lipinski definition) is 0. The molecule has 1 aliphatic carbocycles. The lowest BCUT2D eigenvalue weighted by Crippen LogP contribution is -2.11. The Kier molecular flexibility index (Phi) is 3.83. The Morgan fingerprint density at radius 3 is 2.71 bits per heavy atom. The smallest absolute Gasteiger partial charge is 0.336 e. The number of rotatable bonds is 3. The number of fused-ring (bicyclic) bond motifs is 3. The number of carbonyl (C=O) groups is 1. The number of esters is 1. The van der Waals surface area contributed by atoms with Crippen LogP contribution in [-0.2, 0) is 24.1 Å². The molecule has 5 rings (SSSR count). The first-order valence-corrected chi connectivity index (χ1v) is 9.34. The minimum Gasteiger partial charge on any atom is -0.464 e. The first-order valence-electron chi connectivity index (χ1n) is 9.34. The third kappa shape index (κ3) is 2.89. The molecule has 2 aromatic heterocycles. The molecule has 0 unspecified atom stereocenters. The monoisotopic (exact) mass is 374 g/mol. The summed E-state index contributed by atoms with van der Waals surface area (Å²) >= 11 is 0. The first-order chi connectivity index (χ1) is 13.6. The summed E-state index contributed by atoms with van der Waals surface area (Å²) in [6.07, 6.45) is 5.06. The Morgan fingerprint density at radius 2 is 1.86 bits per heavy atom. The van der Waals surface area contributed by atoms with Crippen LogP contribution >= 0.6 is 0 Å². The van der Waals surface area contributed by atoms with Crippen molar-refractivity contribution in [1.82, 2.24) is 0 Å². The second kappa shape index (κ2) is 6.37. The molecule has 0 spiro atoms. The van der Waals surface area contributed by atoms with Crippen LogP contribution in [-0.4, -0.2) is 5.97 Å². The minimum atomic E-state index is -0.425. The van der Waals surface area contributed by atoms with Gasteiger partial charge in [-0.3, -0.25) is 4.79 Å². The summed E-state index contributed by atoms with van der Waals surface area (Å²) in [6, 6.07) is 10.7. The number of ether oxygens (including phenoxy) is 1. The van der Waals surface area contributed by atoms with Gasteiger partial charge in [0.25, 0.3) is 0 Å². The van der Waals surface area contributed by atoms with Crippen LogP contribution in [0, 0.1) is 6.92 Å². The van der Waals surface area contributed by atoms with E-state index in [-0.39, 0.29) is 6.42 Å². The van der Waals surface area contributed by atoms with Crippen LogP contribution in [0.15, 0.2) is 56.3 Å². The van der Waals surface area contributed by atoms with Crippen LogP contribution in [0.3, 0.4) is 0 Å². The lowest BCUT2D eigenvalue weighted by Gasteiger charge is -2.06. The molecule has 0 saturated carbocycles. The number of hydrogen-bond acceptors (Lipinski definition) is 5. The number of carbonyl (C=O) groups excluding carboxylic acids is 1. The number of benzene rings is 2. The second-order valence-corrected chi connectivity index (χ2v) is 7.29. The Balaban J connectivity index is 1.40. The summed E-state index contributed by atoms with van der Waals surface area (Å²) in [5.41, 5.74) is 5.10. The average molecular weight is 374 g/mol. The van der Waals surface area contributed by atoms with Crippen molar-refractivity contribution in [3.8, 4) is 5.75 Å². The van der Waals surface area contributed by atoms with Gasteiger partial charge in [-0.1, -0.05) is 0 Å². The number of furan rings is 1. The van der Waals surface area contributed by atoms with Crippen LogP contribution < -0.4 is 10.4 Å². The third-order valence-corrected chi connectivity index (χ3v) is 5.36. The van der Waals surface area contributed by atoms with Crippen molar-refractivity contribution >= 4 is 27.9 Å². The molecule has 0 radical (unpaired) electrons. The van der Waals surface area contributed by atoms with Gasteiger partial charge in [0.15, 0.2) is 0 Å². The van der Waals surface area contributed by atoms with Crippen molar-refractivity contribution in [2.45, 2.75) is 32.6 Å². The molecule has 5 heteroatoms. The van der Waals surface area contributed by atoms with Gasteiger partial charge < -0.3 is 13.6 Å². The second-order valence-electron chi connectivity index (χ2n) is 7.29. The molecule has 0 bridgehead atoms. The van der Waals surface area contributed by atoms with Crippen LogP contribution in [0.5, 0.6) is 5.75 Å². The molecule has 5 nitrogen and oxygen atoms in total. The van der Waals surface area contributed by atoms with Crippen LogP contribution in [0.25, 0.3) is 21.9 Å². The molecular formula is C23H18O5. The SMILES string of the molecule is Cc1cc(=O)oc2cc(OC(=O)Cc3coc4cc5c(cc34)CCC5)ccc12. The van der Waals surface area contributed by atoms with E-state index in [1.807, 2.05) is 6.92 Å². The zero-order chi connectivity index (χ0) is 19.3. The van der Waals surface area contributed by atoms with Gasteiger partial charge in [-0.15, -0.1) is 0 Å². The van der Waals surface area contributed by atoms with Crippen molar-refractivity contribution < 1.29 is 18.4 Å². The average Bonchev–Trinajstić information content (AvgIpc) is 3.26. The van der Waals surface area contributed by atoms with Crippen molar-refractivity contribution in [2.24, 2.45) is 0 Å². The maximum absolute atomic E-state index is 12.5. The van der Waals surface area contributed by atoms with Crippen LogP contribution in [0.2, 0.25) is 0 Å². The molecule has 28 heavy (non-hydrogen) atoms. The van der Waals surface area contributed by atoms with Crippen LogP contribution in [0.4, 0.5) is 0 Å². The summed E-state index contributed by atoms with van der Waals surface area (Å²) in [4.78, 5) is 24.0. The highest BCUT2D eigenvalue weighted by Crippen LogP contribution is 2.31. The van der Waals surface area contributed by atoms with E-state index >= 15 is 0 Å². The van der Waals surface area contributed by atoms with Crippen molar-refractivity contribution in [3.05, 3.63) is 75.3 Å². The molecule has 140 valence electrons. The fraction of sp³-hybridized carbons (Fsp3) is 0.217. The standard InChI is InChI=1S/C23H18O5/c1-13-7-22(24)28-21-11-17(5-6-18(13)21)27-23(25)10-16-12-26-20-9-15-4-2-3-14(15)8-19(16)20/h5-9,11-12H,2-4,10H2,1H3. The molecule has 0 amide bonds. The summed E-state index contributed by atoms with van der Waals surface area (Å²) < 4.78 is 16.3. The highest BCUT2D eigenvalue weighted by molar-refractivity contribution is 5.88. The van der Waals surface area contributed by atoms with E-state index in [4.69, 9.17) is 13.6 Å². The normalized spacial score (nSPS) is 13.2. The van der Waals surface area contributed by atoms with E-state index in [2.05, 4.69) is 12.1 Å². The fourth-order valence-corrected chi connectivity index (χ4v) is 3.98. The summed E-state index contributed by atoms with van der Waals surface area (Å²) in [6.45, 7) is 1.84. The lowest BCUT2D eigenvalue weighted by molar-refractivity contribution is -0.133. The van der Waals surface area contributed by atoms with Gasteiger partial charge in [-0.2, -0.15) is 0 Å². The van der Waals surface area contributed by atoms with Crippen LogP contribution in [0.1, 0.15) is 28.7 Å². The number of aryl methyl sites for hydroxylation is 3. The van der Waals surface area contributed by atoms with Crippen molar-refractivity contribution in [1.29, 1.82) is 0 Å². The minimum absolute atomic E-state index is 0.113. The quantitative estimate of drug-likeness (QED) is 0.300. The molecule has 2 aromatic carbocycles. The Morgan fingerprint density at radius 1 is 1.04 bits per heavy atom. The molecule has 1 aliphatic rings. The van der Waals surface area contributed by atoms with E-state index in [9.17, 15) is 9.59 Å². The molecule has 4 aromatic rings. The summed E-state index contributed by atoms with van der Waals surface area (Å²) in [7, 11) is 0. The topological polar surface area (TPSA) is 69.7 Å². The van der Waals surface area contributed by atoms with Gasteiger partial charge in [-0.05, 0) is 67.1 Å². The maximum atomic E-state index is 12.5. The van der Waals surface area contributed by atoms with Gasteiger partial charge in [0, 0.05) is 28.5 Å². The molecular weight excluding hydrogens is 356 g/mol. The summed E-state index contributed by atoms with van der Waals surface area (Å²) in [5.74, 6) is -0.0440. The highest BCUT2D eigenvalue weighted by Gasteiger charge is 2.17. The maximum Gasteiger partial charge on any atom is 0.336 e. The molecule has 2 heterocycles. The molecule has 0 atom stereocenters. The third-order valence-electron chi connectivity index (χ3n) is 5.36. The zero-order valence-corrected chi connectivity index (χ0v) is 15.4. The molecule has 0 saturated heterocycles. The predicted octanol–water partition coefficient (Wildman–Crippen LogP) is 4.48. The van der Waals surface area contributed by atoms with Gasteiger partial charge in [0.05, 0.1) is 12.7 Å². The Bertz CT molecular complexity index is 1290. The molecule has 0 N–H and O–H groups in total. The van der Waals surface area contributed by atoms with Crippen molar-refractivity contribution in [3.63, 3.8) is 0 Å². The van der Waals surface area contributed by atoms with Crippen molar-refractivity contribution in [2.75, 3.05) is 0 Å². The Labute approximate surface area is 160 Å². The fourth-order valence-electron chi connectivity index (χ4n) is 3.98. The molecule has 0 fully saturated rings. The van der Waals surface area contributed by atoms with E-state index in [0.29, 0.717) is 11.3 Å². The highest BCUT2D eigenvalue weighted by atomic mass is 16.5. The predicted molar refractivity (Wildman–Crippen MR) is 105 cm³/mol. The van der Waals surface area contributed by atoms with Gasteiger partial charge in [0.1, 0.15) is 16.9 Å². The van der Waals surface area contributed by atoms with Gasteiger partial charge in [-0.25, -0.2) is 4.79 Å². The van der Waals surface area contributed by atoms with E-state index in [1.54, 1.807) is 24.5 Å².